The van der Waals surface area contributed by atoms with Crippen LogP contribution < -0.4 is 10.2 Å². The highest BCUT2D eigenvalue weighted by molar-refractivity contribution is 5.89. The highest BCUT2D eigenvalue weighted by atomic mass is 15.2. The second-order valence-electron chi connectivity index (χ2n) is 5.55. The summed E-state index contributed by atoms with van der Waals surface area (Å²) in [4.78, 5) is 10.1. The lowest BCUT2D eigenvalue weighted by molar-refractivity contribution is 0.419. The number of fused-ring (bicyclic) bond motifs is 1. The number of aromatic nitrogens is 2. The van der Waals surface area contributed by atoms with Gasteiger partial charge in [0.1, 0.15) is 5.65 Å². The fourth-order valence-electron chi connectivity index (χ4n) is 3.52. The molecule has 2 fully saturated rings. The van der Waals surface area contributed by atoms with Crippen LogP contribution in [0.15, 0.2) is 24.5 Å². The quantitative estimate of drug-likeness (QED) is 0.802. The van der Waals surface area contributed by atoms with Crippen molar-refractivity contribution in [3.05, 3.63) is 24.5 Å². The van der Waals surface area contributed by atoms with Gasteiger partial charge in [-0.15, -0.1) is 0 Å². The molecule has 2 aromatic rings. The van der Waals surface area contributed by atoms with Crippen LogP contribution in [0.2, 0.25) is 0 Å². The first-order chi connectivity index (χ1) is 8.86. The number of pyridine rings is 1. The van der Waals surface area contributed by atoms with Crippen molar-refractivity contribution in [2.24, 2.45) is 0 Å². The standard InChI is InChI=1S/C14H18N4/c1-4-14(17-6-1)5-9-18(10-14)12-3-8-16-13-11(12)2-7-15-13/h2-3,7-8,17H,1,4-6,9-10H2,(H,15,16)/t14-/m0/s1. The molecule has 4 rings (SSSR count). The Hall–Kier alpha value is -1.55. The van der Waals surface area contributed by atoms with Crippen molar-refractivity contribution < 1.29 is 0 Å². The minimum atomic E-state index is 0.381. The lowest BCUT2D eigenvalue weighted by atomic mass is 9.97. The van der Waals surface area contributed by atoms with Gasteiger partial charge in [-0.1, -0.05) is 0 Å². The smallest absolute Gasteiger partial charge is 0.139 e. The molecular formula is C14H18N4. The largest absolute Gasteiger partial charge is 0.369 e. The van der Waals surface area contributed by atoms with Crippen molar-refractivity contribution in [2.75, 3.05) is 24.5 Å². The van der Waals surface area contributed by atoms with Crippen molar-refractivity contribution in [3.63, 3.8) is 0 Å². The number of rotatable bonds is 1. The molecule has 0 bridgehead atoms. The summed E-state index contributed by atoms with van der Waals surface area (Å²) in [5.41, 5.74) is 2.70. The number of nitrogens with zero attached hydrogens (tertiary/aromatic N) is 2. The second kappa shape index (κ2) is 3.72. The van der Waals surface area contributed by atoms with Crippen LogP contribution in [0.25, 0.3) is 11.0 Å². The van der Waals surface area contributed by atoms with Crippen molar-refractivity contribution >= 4 is 16.7 Å². The Balaban J connectivity index is 1.70. The fourth-order valence-corrected chi connectivity index (χ4v) is 3.52. The fraction of sp³-hybridized carbons (Fsp3) is 0.500. The third kappa shape index (κ3) is 1.45. The van der Waals surface area contributed by atoms with Gasteiger partial charge < -0.3 is 15.2 Å². The molecule has 2 aromatic heterocycles. The van der Waals surface area contributed by atoms with Crippen LogP contribution in [0.1, 0.15) is 19.3 Å². The van der Waals surface area contributed by atoms with Crippen molar-refractivity contribution in [2.45, 2.75) is 24.8 Å². The Labute approximate surface area is 106 Å². The van der Waals surface area contributed by atoms with Gasteiger partial charge in [-0.05, 0) is 37.9 Å². The molecule has 2 aliphatic rings. The molecule has 2 N–H and O–H groups in total. The Kier molecular flexibility index (Phi) is 2.14. The molecule has 94 valence electrons. The lowest BCUT2D eigenvalue weighted by Crippen LogP contribution is -2.42. The van der Waals surface area contributed by atoms with E-state index in [0.29, 0.717) is 5.54 Å². The summed E-state index contributed by atoms with van der Waals surface area (Å²) >= 11 is 0. The molecule has 1 atom stereocenters. The number of anilines is 1. The number of hydrogen-bond acceptors (Lipinski definition) is 3. The third-order valence-corrected chi connectivity index (χ3v) is 4.46. The van der Waals surface area contributed by atoms with Crippen LogP contribution in [0, 0.1) is 0 Å². The van der Waals surface area contributed by atoms with E-state index in [1.54, 1.807) is 0 Å². The summed E-state index contributed by atoms with van der Waals surface area (Å²) in [5.74, 6) is 0. The van der Waals surface area contributed by atoms with E-state index in [9.17, 15) is 0 Å². The van der Waals surface area contributed by atoms with E-state index in [2.05, 4.69) is 32.3 Å². The SMILES string of the molecule is c1cc(N2CC[C@@]3(CCCN3)C2)c2cc[nH]c2n1. The van der Waals surface area contributed by atoms with E-state index in [0.717, 1.165) is 18.7 Å². The maximum Gasteiger partial charge on any atom is 0.139 e. The molecular weight excluding hydrogens is 224 g/mol. The van der Waals surface area contributed by atoms with E-state index in [4.69, 9.17) is 0 Å². The minimum Gasteiger partial charge on any atom is -0.369 e. The second-order valence-corrected chi connectivity index (χ2v) is 5.55. The highest BCUT2D eigenvalue weighted by Gasteiger charge is 2.40. The molecule has 4 heterocycles. The number of aromatic amines is 1. The van der Waals surface area contributed by atoms with E-state index >= 15 is 0 Å². The zero-order chi connectivity index (χ0) is 12.0. The van der Waals surface area contributed by atoms with Crippen molar-refractivity contribution in [1.82, 2.24) is 15.3 Å². The van der Waals surface area contributed by atoms with Crippen LogP contribution in [0.3, 0.4) is 0 Å². The zero-order valence-corrected chi connectivity index (χ0v) is 10.4. The number of hydrogen-bond donors (Lipinski definition) is 2. The van der Waals surface area contributed by atoms with Crippen molar-refractivity contribution in [1.29, 1.82) is 0 Å². The molecule has 4 nitrogen and oxygen atoms in total. The maximum absolute atomic E-state index is 4.36. The van der Waals surface area contributed by atoms with Gasteiger partial charge in [0.15, 0.2) is 0 Å². The van der Waals surface area contributed by atoms with Gasteiger partial charge >= 0.3 is 0 Å². The van der Waals surface area contributed by atoms with Crippen LogP contribution in [0.5, 0.6) is 0 Å². The maximum atomic E-state index is 4.36. The summed E-state index contributed by atoms with van der Waals surface area (Å²) < 4.78 is 0. The average molecular weight is 242 g/mol. The zero-order valence-electron chi connectivity index (χ0n) is 10.4. The van der Waals surface area contributed by atoms with Crippen LogP contribution in [0.4, 0.5) is 5.69 Å². The monoisotopic (exact) mass is 242 g/mol. The number of nitrogens with one attached hydrogen (secondary N) is 2. The van der Waals surface area contributed by atoms with Gasteiger partial charge in [-0.3, -0.25) is 0 Å². The molecule has 0 aliphatic carbocycles. The highest BCUT2D eigenvalue weighted by Crippen LogP contribution is 2.35. The van der Waals surface area contributed by atoms with Gasteiger partial charge in [0.2, 0.25) is 0 Å². The Bertz CT molecular complexity index is 568. The Morgan fingerprint density at radius 3 is 3.17 bits per heavy atom. The van der Waals surface area contributed by atoms with E-state index in [1.807, 2.05) is 12.4 Å². The predicted octanol–water partition coefficient (Wildman–Crippen LogP) is 1.90. The molecule has 0 amide bonds. The predicted molar refractivity (Wildman–Crippen MR) is 72.9 cm³/mol. The molecule has 0 radical (unpaired) electrons. The summed E-state index contributed by atoms with van der Waals surface area (Å²) in [6.45, 7) is 3.47. The molecule has 2 aliphatic heterocycles. The van der Waals surface area contributed by atoms with Crippen LogP contribution in [-0.4, -0.2) is 35.1 Å². The topological polar surface area (TPSA) is 44.0 Å². The first-order valence-corrected chi connectivity index (χ1v) is 6.78. The van der Waals surface area contributed by atoms with Gasteiger partial charge in [-0.2, -0.15) is 0 Å². The molecule has 1 spiro atoms. The Morgan fingerprint density at radius 2 is 2.28 bits per heavy atom. The summed E-state index contributed by atoms with van der Waals surface area (Å²) in [7, 11) is 0. The number of H-pyrrole nitrogens is 1. The minimum absolute atomic E-state index is 0.381. The molecule has 4 heteroatoms. The van der Waals surface area contributed by atoms with E-state index in [1.165, 1.54) is 36.9 Å². The summed E-state index contributed by atoms with van der Waals surface area (Å²) in [6.07, 6.45) is 7.79. The summed E-state index contributed by atoms with van der Waals surface area (Å²) in [6, 6.07) is 4.27. The van der Waals surface area contributed by atoms with Gasteiger partial charge in [0.05, 0.1) is 0 Å². The first kappa shape index (κ1) is 10.4. The van der Waals surface area contributed by atoms with Gasteiger partial charge in [0, 0.05) is 42.1 Å². The van der Waals surface area contributed by atoms with Crippen LogP contribution >= 0.6 is 0 Å². The van der Waals surface area contributed by atoms with E-state index < -0.39 is 0 Å². The van der Waals surface area contributed by atoms with Gasteiger partial charge in [0.25, 0.3) is 0 Å². The molecule has 0 aromatic carbocycles. The molecule has 0 saturated carbocycles. The molecule has 18 heavy (non-hydrogen) atoms. The normalized spacial score (nSPS) is 27.7. The Morgan fingerprint density at radius 1 is 1.28 bits per heavy atom. The van der Waals surface area contributed by atoms with Crippen LogP contribution in [-0.2, 0) is 0 Å². The lowest BCUT2D eigenvalue weighted by Gasteiger charge is -2.25. The van der Waals surface area contributed by atoms with Crippen molar-refractivity contribution in [3.8, 4) is 0 Å². The summed E-state index contributed by atoms with van der Waals surface area (Å²) in [5, 5.41) is 4.95. The molecule has 2 saturated heterocycles. The average Bonchev–Trinajstić information content (AvgIpc) is 3.11. The van der Waals surface area contributed by atoms with E-state index in [-0.39, 0.29) is 0 Å². The molecule has 0 unspecified atom stereocenters. The van der Waals surface area contributed by atoms with Gasteiger partial charge in [-0.25, -0.2) is 4.98 Å². The third-order valence-electron chi connectivity index (χ3n) is 4.46. The first-order valence-electron chi connectivity index (χ1n) is 6.78.